The molecule has 0 radical (unpaired) electrons. The Morgan fingerprint density at radius 3 is 1.42 bits per heavy atom. The third-order valence-electron chi connectivity index (χ3n) is 10.9. The maximum atomic E-state index is 12.9. The smallest absolute Gasteiger partial charge is 0.249 e. The van der Waals surface area contributed by atoms with Crippen molar-refractivity contribution in [1.82, 2.24) is 5.32 Å². The SMILES string of the molecule is CCCCCCCCCCCCCCCCCCCCCCCCCCC(O)C(=O)NC(COC1OC(CO)C(O)C(O)C1O)C(O)C(O)CCCC. The van der Waals surface area contributed by atoms with Crippen molar-refractivity contribution in [1.29, 1.82) is 0 Å². The molecule has 0 aromatic heterocycles. The summed E-state index contributed by atoms with van der Waals surface area (Å²) in [5.74, 6) is -0.705. The van der Waals surface area contributed by atoms with Crippen LogP contribution in [0.5, 0.6) is 0 Å². The third kappa shape index (κ3) is 23.7. The molecule has 11 heteroatoms. The van der Waals surface area contributed by atoms with Gasteiger partial charge >= 0.3 is 0 Å². The number of hydrogen-bond acceptors (Lipinski definition) is 10. The van der Waals surface area contributed by atoms with Gasteiger partial charge in [0.05, 0.1) is 25.4 Å². The maximum Gasteiger partial charge on any atom is 0.249 e. The molecule has 1 aliphatic heterocycles. The number of unbranched alkanes of at least 4 members (excludes halogenated alkanes) is 24. The largest absolute Gasteiger partial charge is 0.394 e. The normalized spacial score (nSPS) is 22.8. The molecule has 53 heavy (non-hydrogen) atoms. The van der Waals surface area contributed by atoms with Crippen LogP contribution in [-0.4, -0.2) is 110 Å². The molecular formula is C42H83NO10. The number of aliphatic hydroxyl groups excluding tert-OH is 7. The molecule has 0 aromatic rings. The minimum atomic E-state index is -1.65. The highest BCUT2D eigenvalue weighted by Crippen LogP contribution is 2.23. The van der Waals surface area contributed by atoms with E-state index < -0.39 is 74.2 Å². The van der Waals surface area contributed by atoms with Crippen LogP contribution in [0.15, 0.2) is 0 Å². The number of hydrogen-bond donors (Lipinski definition) is 8. The van der Waals surface area contributed by atoms with E-state index in [-0.39, 0.29) is 12.8 Å². The molecular weight excluding hydrogens is 678 g/mol. The fourth-order valence-electron chi connectivity index (χ4n) is 7.19. The molecule has 9 unspecified atom stereocenters. The Hall–Kier alpha value is -0.890. The highest BCUT2D eigenvalue weighted by atomic mass is 16.7. The molecule has 0 aromatic carbocycles. The summed E-state index contributed by atoms with van der Waals surface area (Å²) in [5, 5.41) is 74.3. The van der Waals surface area contributed by atoms with Crippen LogP contribution in [0.3, 0.4) is 0 Å². The van der Waals surface area contributed by atoms with Crippen molar-refractivity contribution in [3.8, 4) is 0 Å². The second-order valence-electron chi connectivity index (χ2n) is 15.8. The van der Waals surface area contributed by atoms with Crippen LogP contribution in [0.25, 0.3) is 0 Å². The lowest BCUT2D eigenvalue weighted by atomic mass is 9.99. The summed E-state index contributed by atoms with van der Waals surface area (Å²) in [6, 6.07) is -1.16. The molecule has 0 saturated carbocycles. The Morgan fingerprint density at radius 1 is 0.585 bits per heavy atom. The van der Waals surface area contributed by atoms with Gasteiger partial charge in [0.1, 0.15) is 36.6 Å². The molecule has 0 aliphatic carbocycles. The lowest BCUT2D eigenvalue weighted by Gasteiger charge is -2.40. The average molecular weight is 762 g/mol. The first-order valence-electron chi connectivity index (χ1n) is 21.9. The lowest BCUT2D eigenvalue weighted by molar-refractivity contribution is -0.303. The first kappa shape index (κ1) is 50.1. The number of carbonyl (C=O) groups excluding carboxylic acids is 1. The van der Waals surface area contributed by atoms with Gasteiger partial charge < -0.3 is 50.5 Å². The molecule has 0 bridgehead atoms. The van der Waals surface area contributed by atoms with E-state index in [2.05, 4.69) is 12.2 Å². The van der Waals surface area contributed by atoms with Crippen LogP contribution in [0.2, 0.25) is 0 Å². The molecule has 9 atom stereocenters. The van der Waals surface area contributed by atoms with Crippen molar-refractivity contribution in [3.63, 3.8) is 0 Å². The Labute approximate surface area is 322 Å². The summed E-state index contributed by atoms with van der Waals surface area (Å²) in [6.45, 7) is 3.17. The predicted molar refractivity (Wildman–Crippen MR) is 210 cm³/mol. The summed E-state index contributed by atoms with van der Waals surface area (Å²) >= 11 is 0. The van der Waals surface area contributed by atoms with Gasteiger partial charge in [0.2, 0.25) is 5.91 Å². The van der Waals surface area contributed by atoms with Crippen LogP contribution in [0.1, 0.15) is 194 Å². The Kier molecular flexibility index (Phi) is 31.5. The van der Waals surface area contributed by atoms with E-state index in [1.807, 2.05) is 6.92 Å². The van der Waals surface area contributed by atoms with Crippen molar-refractivity contribution in [2.45, 2.75) is 249 Å². The number of carbonyl (C=O) groups is 1. The van der Waals surface area contributed by atoms with Crippen molar-refractivity contribution < 1.29 is 50.0 Å². The van der Waals surface area contributed by atoms with Gasteiger partial charge in [0, 0.05) is 0 Å². The molecule has 0 spiro atoms. The lowest BCUT2D eigenvalue weighted by Crippen LogP contribution is -2.60. The topological polar surface area (TPSA) is 189 Å². The van der Waals surface area contributed by atoms with Gasteiger partial charge in [-0.2, -0.15) is 0 Å². The van der Waals surface area contributed by atoms with E-state index in [1.165, 1.54) is 128 Å². The van der Waals surface area contributed by atoms with Gasteiger partial charge in [-0.25, -0.2) is 0 Å². The van der Waals surface area contributed by atoms with Crippen molar-refractivity contribution in [3.05, 3.63) is 0 Å². The molecule has 1 fully saturated rings. The van der Waals surface area contributed by atoms with Crippen LogP contribution in [0, 0.1) is 0 Å². The van der Waals surface area contributed by atoms with E-state index in [0.717, 1.165) is 25.7 Å². The van der Waals surface area contributed by atoms with Crippen LogP contribution < -0.4 is 5.32 Å². The van der Waals surface area contributed by atoms with Crippen LogP contribution >= 0.6 is 0 Å². The highest BCUT2D eigenvalue weighted by molar-refractivity contribution is 5.80. The van der Waals surface area contributed by atoms with Gasteiger partial charge in [0.15, 0.2) is 6.29 Å². The Bertz CT molecular complexity index is 836. The first-order chi connectivity index (χ1) is 25.7. The maximum absolute atomic E-state index is 12.9. The number of ether oxygens (including phenoxy) is 2. The summed E-state index contributed by atoms with van der Waals surface area (Å²) in [5.41, 5.74) is 0. The third-order valence-corrected chi connectivity index (χ3v) is 10.9. The standard InChI is InChI=1S/C42H83NO10/c1-3-5-7-8-9-10-11-12-13-14-15-16-17-18-19-20-21-22-23-24-25-26-27-28-30-35(46)41(51)43-33(37(47)34(45)29-6-4-2)32-52-42-40(50)39(49)38(48)36(31-44)53-42/h33-40,42,44-50H,3-32H2,1-2H3,(H,43,51). The van der Waals surface area contributed by atoms with Gasteiger partial charge in [-0.1, -0.05) is 181 Å². The molecule has 11 nitrogen and oxygen atoms in total. The fourth-order valence-corrected chi connectivity index (χ4v) is 7.19. The van der Waals surface area contributed by atoms with E-state index in [1.54, 1.807) is 0 Å². The summed E-state index contributed by atoms with van der Waals surface area (Å²) in [7, 11) is 0. The van der Waals surface area contributed by atoms with E-state index >= 15 is 0 Å². The molecule has 1 rings (SSSR count). The van der Waals surface area contributed by atoms with Gasteiger partial charge in [-0.3, -0.25) is 4.79 Å². The Morgan fingerprint density at radius 2 is 1.00 bits per heavy atom. The zero-order chi connectivity index (χ0) is 39.1. The highest BCUT2D eigenvalue weighted by Gasteiger charge is 2.44. The second kappa shape index (κ2) is 33.3. The second-order valence-corrected chi connectivity index (χ2v) is 15.8. The predicted octanol–water partition coefficient (Wildman–Crippen LogP) is 6.33. The zero-order valence-corrected chi connectivity index (χ0v) is 33.8. The minimum Gasteiger partial charge on any atom is -0.394 e. The van der Waals surface area contributed by atoms with Crippen LogP contribution in [-0.2, 0) is 14.3 Å². The van der Waals surface area contributed by atoms with Gasteiger partial charge in [0.25, 0.3) is 0 Å². The van der Waals surface area contributed by atoms with Gasteiger partial charge in [-0.05, 0) is 12.8 Å². The number of rotatable bonds is 36. The minimum absolute atomic E-state index is 0.264. The summed E-state index contributed by atoms with van der Waals surface area (Å²) in [4.78, 5) is 12.9. The summed E-state index contributed by atoms with van der Waals surface area (Å²) in [6.07, 6.45) is 21.8. The van der Waals surface area contributed by atoms with Crippen molar-refractivity contribution >= 4 is 5.91 Å². The average Bonchev–Trinajstić information content (AvgIpc) is 3.16. The van der Waals surface area contributed by atoms with Gasteiger partial charge in [-0.15, -0.1) is 0 Å². The molecule has 1 heterocycles. The molecule has 1 aliphatic rings. The zero-order valence-electron chi connectivity index (χ0n) is 33.8. The van der Waals surface area contributed by atoms with Crippen LogP contribution in [0.4, 0.5) is 0 Å². The quantitative estimate of drug-likeness (QED) is 0.0335. The molecule has 316 valence electrons. The fraction of sp³-hybridized carbons (Fsp3) is 0.976. The molecule has 8 N–H and O–H groups in total. The number of aliphatic hydroxyl groups is 7. The number of amides is 1. The van der Waals surface area contributed by atoms with Crippen molar-refractivity contribution in [2.75, 3.05) is 13.2 Å². The van der Waals surface area contributed by atoms with E-state index in [0.29, 0.717) is 12.8 Å². The van der Waals surface area contributed by atoms with E-state index in [9.17, 15) is 40.5 Å². The Balaban J connectivity index is 2.15. The molecule has 1 saturated heterocycles. The van der Waals surface area contributed by atoms with E-state index in [4.69, 9.17) is 9.47 Å². The van der Waals surface area contributed by atoms with Crippen molar-refractivity contribution in [2.24, 2.45) is 0 Å². The summed E-state index contributed by atoms with van der Waals surface area (Å²) < 4.78 is 10.9. The number of nitrogens with one attached hydrogen (secondary N) is 1. The monoisotopic (exact) mass is 762 g/mol. The molecule has 1 amide bonds. The first-order valence-corrected chi connectivity index (χ1v) is 21.9.